The Balaban J connectivity index is 2.00. The van der Waals surface area contributed by atoms with E-state index >= 15 is 0 Å². The summed E-state index contributed by atoms with van der Waals surface area (Å²) >= 11 is 0. The van der Waals surface area contributed by atoms with Crippen molar-refractivity contribution in [1.82, 2.24) is 15.1 Å². The van der Waals surface area contributed by atoms with Gasteiger partial charge in [-0.05, 0) is 45.5 Å². The molecule has 1 N–H and O–H groups in total. The lowest BCUT2D eigenvalue weighted by molar-refractivity contribution is -0.149. The van der Waals surface area contributed by atoms with Gasteiger partial charge in [0.25, 0.3) is 0 Å². The Bertz CT molecular complexity index is 581. The van der Waals surface area contributed by atoms with Crippen molar-refractivity contribution in [2.45, 2.75) is 26.8 Å². The largest absolute Gasteiger partial charge is 0.354 e. The number of fused-ring (bicyclic) bond motifs is 1. The summed E-state index contributed by atoms with van der Waals surface area (Å²) in [6, 6.07) is 8.18. The van der Waals surface area contributed by atoms with E-state index in [9.17, 15) is 9.59 Å². The van der Waals surface area contributed by atoms with E-state index < -0.39 is 5.41 Å². The standard InChI is InChI=1S/C18H27N3O2/c1-18(2,16(22)19-10-12-20(3)4)17(23)21-11-9-14-7-5-6-8-15(14)13-21/h5-8H,9-13H2,1-4H3,(H,19,22). The number of likely N-dealkylation sites (N-methyl/N-ethyl adjacent to an activating group) is 1. The zero-order valence-electron chi connectivity index (χ0n) is 14.6. The summed E-state index contributed by atoms with van der Waals surface area (Å²) in [5.74, 6) is -0.308. The number of nitrogens with one attached hydrogen (secondary N) is 1. The van der Waals surface area contributed by atoms with Crippen molar-refractivity contribution in [3.8, 4) is 0 Å². The van der Waals surface area contributed by atoms with Crippen molar-refractivity contribution in [2.75, 3.05) is 33.7 Å². The predicted molar refractivity (Wildman–Crippen MR) is 90.9 cm³/mol. The average Bonchev–Trinajstić information content (AvgIpc) is 2.53. The van der Waals surface area contributed by atoms with Crippen LogP contribution in [-0.2, 0) is 22.6 Å². The van der Waals surface area contributed by atoms with Gasteiger partial charge in [0.15, 0.2) is 0 Å². The molecule has 5 nitrogen and oxygen atoms in total. The van der Waals surface area contributed by atoms with Crippen LogP contribution in [0.2, 0.25) is 0 Å². The van der Waals surface area contributed by atoms with Crippen LogP contribution in [0.3, 0.4) is 0 Å². The van der Waals surface area contributed by atoms with Crippen molar-refractivity contribution in [1.29, 1.82) is 0 Å². The highest BCUT2D eigenvalue weighted by molar-refractivity contribution is 6.04. The molecule has 0 spiro atoms. The lowest BCUT2D eigenvalue weighted by Gasteiger charge is -2.34. The van der Waals surface area contributed by atoms with Gasteiger partial charge in [0, 0.05) is 26.2 Å². The van der Waals surface area contributed by atoms with E-state index in [1.807, 2.05) is 31.1 Å². The molecule has 23 heavy (non-hydrogen) atoms. The van der Waals surface area contributed by atoms with E-state index in [0.717, 1.165) is 13.0 Å². The number of amides is 2. The first-order valence-corrected chi connectivity index (χ1v) is 8.11. The second-order valence-corrected chi connectivity index (χ2v) is 6.93. The van der Waals surface area contributed by atoms with Crippen molar-refractivity contribution in [3.63, 3.8) is 0 Å². The molecule has 0 radical (unpaired) electrons. The van der Waals surface area contributed by atoms with Crippen LogP contribution in [-0.4, -0.2) is 55.3 Å². The van der Waals surface area contributed by atoms with Crippen LogP contribution in [0.15, 0.2) is 24.3 Å². The molecule has 1 aromatic carbocycles. The number of rotatable bonds is 5. The van der Waals surface area contributed by atoms with Gasteiger partial charge >= 0.3 is 0 Å². The Hall–Kier alpha value is -1.88. The fourth-order valence-corrected chi connectivity index (χ4v) is 2.78. The maximum Gasteiger partial charge on any atom is 0.238 e. The Morgan fingerprint density at radius 3 is 2.52 bits per heavy atom. The van der Waals surface area contributed by atoms with Gasteiger partial charge < -0.3 is 15.1 Å². The van der Waals surface area contributed by atoms with Crippen LogP contribution in [0.25, 0.3) is 0 Å². The molecular weight excluding hydrogens is 290 g/mol. The van der Waals surface area contributed by atoms with Gasteiger partial charge in [0.2, 0.25) is 11.8 Å². The molecule has 0 fully saturated rings. The van der Waals surface area contributed by atoms with Crippen LogP contribution in [0.1, 0.15) is 25.0 Å². The normalized spacial score (nSPS) is 14.6. The zero-order chi connectivity index (χ0) is 17.0. The van der Waals surface area contributed by atoms with E-state index in [2.05, 4.69) is 17.4 Å². The van der Waals surface area contributed by atoms with Gasteiger partial charge in [-0.3, -0.25) is 9.59 Å². The molecule has 0 unspecified atom stereocenters. The molecule has 0 aromatic heterocycles. The Morgan fingerprint density at radius 2 is 1.87 bits per heavy atom. The minimum Gasteiger partial charge on any atom is -0.354 e. The molecular formula is C18H27N3O2. The fourth-order valence-electron chi connectivity index (χ4n) is 2.78. The summed E-state index contributed by atoms with van der Waals surface area (Å²) in [5, 5.41) is 2.87. The third-order valence-electron chi connectivity index (χ3n) is 4.36. The number of nitrogens with zero attached hydrogens (tertiary/aromatic N) is 2. The average molecular weight is 317 g/mol. The molecule has 1 aliphatic rings. The predicted octanol–water partition coefficient (Wildman–Crippen LogP) is 1.28. The van der Waals surface area contributed by atoms with Crippen molar-refractivity contribution >= 4 is 11.8 Å². The molecule has 126 valence electrons. The monoisotopic (exact) mass is 317 g/mol. The second kappa shape index (κ2) is 7.13. The lowest BCUT2D eigenvalue weighted by Crippen LogP contribution is -2.51. The van der Waals surface area contributed by atoms with E-state index in [-0.39, 0.29) is 11.8 Å². The third-order valence-corrected chi connectivity index (χ3v) is 4.36. The molecule has 1 aliphatic heterocycles. The van der Waals surface area contributed by atoms with Crippen LogP contribution in [0, 0.1) is 5.41 Å². The molecule has 0 saturated heterocycles. The maximum absolute atomic E-state index is 12.8. The minimum atomic E-state index is -1.04. The van der Waals surface area contributed by atoms with Crippen LogP contribution >= 0.6 is 0 Å². The second-order valence-electron chi connectivity index (χ2n) is 6.93. The first-order valence-electron chi connectivity index (χ1n) is 8.11. The molecule has 1 heterocycles. The number of hydrogen-bond donors (Lipinski definition) is 1. The summed E-state index contributed by atoms with van der Waals surface area (Å²) in [5.41, 5.74) is 1.43. The molecule has 0 bridgehead atoms. The van der Waals surface area contributed by atoms with Gasteiger partial charge in [0.1, 0.15) is 5.41 Å². The van der Waals surface area contributed by atoms with Crippen molar-refractivity contribution < 1.29 is 9.59 Å². The van der Waals surface area contributed by atoms with Crippen molar-refractivity contribution in [3.05, 3.63) is 35.4 Å². The lowest BCUT2D eigenvalue weighted by atomic mass is 9.88. The highest BCUT2D eigenvalue weighted by atomic mass is 16.2. The zero-order valence-corrected chi connectivity index (χ0v) is 14.6. The van der Waals surface area contributed by atoms with Gasteiger partial charge in [-0.2, -0.15) is 0 Å². The molecule has 0 saturated carbocycles. The first-order chi connectivity index (χ1) is 10.8. The minimum absolute atomic E-state index is 0.102. The van der Waals surface area contributed by atoms with Gasteiger partial charge in [0.05, 0.1) is 0 Å². The topological polar surface area (TPSA) is 52.7 Å². The van der Waals surface area contributed by atoms with Gasteiger partial charge in [-0.25, -0.2) is 0 Å². The Kier molecular flexibility index (Phi) is 5.42. The summed E-state index contributed by atoms with van der Waals surface area (Å²) in [6.45, 7) is 5.98. The summed E-state index contributed by atoms with van der Waals surface area (Å²) in [6.07, 6.45) is 0.847. The van der Waals surface area contributed by atoms with E-state index in [1.54, 1.807) is 18.7 Å². The number of benzene rings is 1. The van der Waals surface area contributed by atoms with Crippen LogP contribution in [0.4, 0.5) is 0 Å². The molecule has 0 aliphatic carbocycles. The molecule has 2 amide bonds. The summed E-state index contributed by atoms with van der Waals surface area (Å²) in [7, 11) is 3.90. The number of hydrogen-bond acceptors (Lipinski definition) is 3. The Morgan fingerprint density at radius 1 is 1.22 bits per heavy atom. The summed E-state index contributed by atoms with van der Waals surface area (Å²) < 4.78 is 0. The van der Waals surface area contributed by atoms with Gasteiger partial charge in [-0.15, -0.1) is 0 Å². The maximum atomic E-state index is 12.8. The first kappa shape index (κ1) is 17.5. The molecule has 5 heteroatoms. The van der Waals surface area contributed by atoms with E-state index in [1.165, 1.54) is 11.1 Å². The smallest absolute Gasteiger partial charge is 0.238 e. The van der Waals surface area contributed by atoms with Crippen LogP contribution in [0.5, 0.6) is 0 Å². The molecule has 2 rings (SSSR count). The third kappa shape index (κ3) is 4.10. The van der Waals surface area contributed by atoms with E-state index in [0.29, 0.717) is 19.6 Å². The quantitative estimate of drug-likeness (QED) is 0.832. The van der Waals surface area contributed by atoms with Crippen LogP contribution < -0.4 is 5.32 Å². The molecule has 1 aromatic rings. The van der Waals surface area contributed by atoms with Crippen molar-refractivity contribution in [2.24, 2.45) is 5.41 Å². The highest BCUT2D eigenvalue weighted by Gasteiger charge is 2.39. The summed E-state index contributed by atoms with van der Waals surface area (Å²) in [4.78, 5) is 29.0. The number of carbonyl (C=O) groups excluding carboxylic acids is 2. The van der Waals surface area contributed by atoms with E-state index in [4.69, 9.17) is 0 Å². The Labute approximate surface area is 138 Å². The SMILES string of the molecule is CN(C)CCNC(=O)C(C)(C)C(=O)N1CCc2ccccc2C1. The number of carbonyl (C=O) groups is 2. The van der Waals surface area contributed by atoms with Gasteiger partial charge in [-0.1, -0.05) is 24.3 Å². The fraction of sp³-hybridized carbons (Fsp3) is 0.556. The molecule has 0 atom stereocenters. The highest BCUT2D eigenvalue weighted by Crippen LogP contribution is 2.25.